The van der Waals surface area contributed by atoms with E-state index in [0.29, 0.717) is 32.6 Å². The molecular formula is C19H32IN3O3. The highest BCUT2D eigenvalue weighted by molar-refractivity contribution is 14.0. The van der Waals surface area contributed by atoms with Crippen molar-refractivity contribution in [2.24, 2.45) is 4.99 Å². The number of nitrogens with one attached hydrogen (secondary N) is 2. The molecule has 0 bridgehead atoms. The predicted molar refractivity (Wildman–Crippen MR) is 116 cm³/mol. The van der Waals surface area contributed by atoms with E-state index in [1.807, 2.05) is 13.8 Å². The Bertz CT molecular complexity index is 575. The van der Waals surface area contributed by atoms with Crippen LogP contribution < -0.4 is 15.4 Å². The third-order valence-electron chi connectivity index (χ3n) is 4.48. The highest BCUT2D eigenvalue weighted by atomic mass is 127. The second kappa shape index (κ2) is 11.6. The van der Waals surface area contributed by atoms with Crippen LogP contribution in [0.3, 0.4) is 0 Å². The summed E-state index contributed by atoms with van der Waals surface area (Å²) in [5.41, 5.74) is 1.61. The van der Waals surface area contributed by atoms with Gasteiger partial charge in [-0.2, -0.15) is 0 Å². The number of aliphatic imine (C=N–C) groups is 1. The maximum Gasteiger partial charge on any atom is 0.191 e. The third-order valence-corrected chi connectivity index (χ3v) is 4.48. The monoisotopic (exact) mass is 477 g/mol. The maximum atomic E-state index is 10.5. The molecule has 6 nitrogen and oxygen atoms in total. The van der Waals surface area contributed by atoms with Crippen molar-refractivity contribution in [1.82, 2.24) is 10.6 Å². The molecule has 0 amide bonds. The summed E-state index contributed by atoms with van der Waals surface area (Å²) >= 11 is 0. The molecule has 0 atom stereocenters. The van der Waals surface area contributed by atoms with E-state index in [1.165, 1.54) is 5.56 Å². The van der Waals surface area contributed by atoms with Gasteiger partial charge in [-0.1, -0.05) is 12.1 Å². The van der Waals surface area contributed by atoms with Crippen molar-refractivity contribution in [3.63, 3.8) is 0 Å². The van der Waals surface area contributed by atoms with Gasteiger partial charge >= 0.3 is 0 Å². The molecule has 1 aliphatic heterocycles. The number of ether oxygens (including phenoxy) is 2. The molecule has 1 aromatic rings. The zero-order chi connectivity index (χ0) is 18.1. The van der Waals surface area contributed by atoms with Crippen LogP contribution in [0.15, 0.2) is 23.2 Å². The number of nitrogens with zero attached hydrogens (tertiary/aromatic N) is 1. The lowest BCUT2D eigenvalue weighted by Crippen LogP contribution is -2.43. The van der Waals surface area contributed by atoms with Gasteiger partial charge in [0.25, 0.3) is 0 Å². The molecule has 26 heavy (non-hydrogen) atoms. The Morgan fingerprint density at radius 1 is 1.31 bits per heavy atom. The number of methoxy groups -OCH3 is 1. The minimum atomic E-state index is -0.745. The first-order valence-corrected chi connectivity index (χ1v) is 9.02. The van der Waals surface area contributed by atoms with Crippen LogP contribution in [-0.4, -0.2) is 56.6 Å². The Labute approximate surface area is 173 Å². The number of rotatable bonds is 7. The van der Waals surface area contributed by atoms with Gasteiger partial charge in [0, 0.05) is 39.1 Å². The number of aryl methyl sites for hydroxylation is 1. The molecule has 0 saturated carbocycles. The summed E-state index contributed by atoms with van der Waals surface area (Å²) in [5.74, 6) is 1.65. The SMILES string of the molecule is CCNC(=NCC1(O)CCOCC1)NCCc1ccc(C)c(OC)c1.I. The van der Waals surface area contributed by atoms with E-state index in [1.54, 1.807) is 7.11 Å². The van der Waals surface area contributed by atoms with Crippen molar-refractivity contribution >= 4 is 29.9 Å². The number of halogens is 1. The summed E-state index contributed by atoms with van der Waals surface area (Å²) in [6, 6.07) is 6.27. The lowest BCUT2D eigenvalue weighted by Gasteiger charge is -2.30. The van der Waals surface area contributed by atoms with Crippen molar-refractivity contribution in [3.8, 4) is 5.75 Å². The Morgan fingerprint density at radius 2 is 2.04 bits per heavy atom. The van der Waals surface area contributed by atoms with Gasteiger partial charge in [0.15, 0.2) is 5.96 Å². The van der Waals surface area contributed by atoms with Crippen LogP contribution in [0.25, 0.3) is 0 Å². The van der Waals surface area contributed by atoms with Crippen LogP contribution in [-0.2, 0) is 11.2 Å². The average molecular weight is 477 g/mol. The Balaban J connectivity index is 0.00000338. The molecule has 3 N–H and O–H groups in total. The standard InChI is InChI=1S/C19H31N3O3.HI/c1-4-20-18(22-14-19(23)8-11-25-12-9-19)21-10-7-16-6-5-15(2)17(13-16)24-3;/h5-6,13,23H,4,7-12,14H2,1-3H3,(H2,20,21,22);1H. The van der Waals surface area contributed by atoms with E-state index < -0.39 is 5.60 Å². The van der Waals surface area contributed by atoms with Crippen LogP contribution in [0.2, 0.25) is 0 Å². The lowest BCUT2D eigenvalue weighted by molar-refractivity contribution is -0.0565. The minimum absolute atomic E-state index is 0. The van der Waals surface area contributed by atoms with Gasteiger partial charge in [-0.05, 0) is 37.5 Å². The van der Waals surface area contributed by atoms with Gasteiger partial charge < -0.3 is 25.2 Å². The number of aliphatic hydroxyl groups is 1. The minimum Gasteiger partial charge on any atom is -0.496 e. The first kappa shape index (κ1) is 23.0. The number of hydrogen-bond acceptors (Lipinski definition) is 4. The predicted octanol–water partition coefficient (Wildman–Crippen LogP) is 2.26. The summed E-state index contributed by atoms with van der Waals surface area (Å²) in [6.07, 6.45) is 2.15. The van der Waals surface area contributed by atoms with Crippen molar-refractivity contribution in [3.05, 3.63) is 29.3 Å². The highest BCUT2D eigenvalue weighted by Crippen LogP contribution is 2.21. The first-order valence-electron chi connectivity index (χ1n) is 9.02. The molecule has 0 aliphatic carbocycles. The molecule has 1 aromatic carbocycles. The fourth-order valence-electron chi connectivity index (χ4n) is 2.82. The molecule has 1 heterocycles. The molecule has 1 aliphatic rings. The van der Waals surface area contributed by atoms with E-state index in [9.17, 15) is 5.11 Å². The molecule has 1 saturated heterocycles. The number of guanidine groups is 1. The van der Waals surface area contributed by atoms with E-state index >= 15 is 0 Å². The van der Waals surface area contributed by atoms with Gasteiger partial charge in [-0.15, -0.1) is 24.0 Å². The van der Waals surface area contributed by atoms with E-state index in [0.717, 1.165) is 36.8 Å². The normalized spacial score (nSPS) is 16.5. The van der Waals surface area contributed by atoms with Gasteiger partial charge in [0.2, 0.25) is 0 Å². The van der Waals surface area contributed by atoms with Crippen molar-refractivity contribution in [2.45, 2.75) is 38.7 Å². The first-order chi connectivity index (χ1) is 12.1. The van der Waals surface area contributed by atoms with Gasteiger partial charge in [0.1, 0.15) is 5.75 Å². The molecule has 2 rings (SSSR count). The zero-order valence-electron chi connectivity index (χ0n) is 16.0. The fraction of sp³-hybridized carbons (Fsp3) is 0.632. The molecule has 0 radical (unpaired) electrons. The fourth-order valence-corrected chi connectivity index (χ4v) is 2.82. The summed E-state index contributed by atoms with van der Waals surface area (Å²) < 4.78 is 10.7. The molecule has 0 unspecified atom stereocenters. The van der Waals surface area contributed by atoms with Crippen LogP contribution in [0.4, 0.5) is 0 Å². The van der Waals surface area contributed by atoms with Crippen molar-refractivity contribution in [1.29, 1.82) is 0 Å². The molecular weight excluding hydrogens is 445 g/mol. The topological polar surface area (TPSA) is 75.1 Å². The summed E-state index contributed by atoms with van der Waals surface area (Å²) in [4.78, 5) is 4.55. The van der Waals surface area contributed by atoms with Gasteiger partial charge in [-0.25, -0.2) is 0 Å². The maximum absolute atomic E-state index is 10.5. The summed E-state index contributed by atoms with van der Waals surface area (Å²) in [7, 11) is 1.70. The van der Waals surface area contributed by atoms with Crippen LogP contribution >= 0.6 is 24.0 Å². The van der Waals surface area contributed by atoms with Crippen molar-refractivity contribution in [2.75, 3.05) is 40.0 Å². The zero-order valence-corrected chi connectivity index (χ0v) is 18.3. The van der Waals surface area contributed by atoms with Crippen LogP contribution in [0.5, 0.6) is 5.75 Å². The van der Waals surface area contributed by atoms with E-state index in [2.05, 4.69) is 33.8 Å². The van der Waals surface area contributed by atoms with Gasteiger partial charge in [-0.3, -0.25) is 4.99 Å². The highest BCUT2D eigenvalue weighted by Gasteiger charge is 2.29. The van der Waals surface area contributed by atoms with Gasteiger partial charge in [0.05, 0.1) is 19.3 Å². The summed E-state index contributed by atoms with van der Waals surface area (Å²) in [5, 5.41) is 17.1. The van der Waals surface area contributed by atoms with E-state index in [4.69, 9.17) is 9.47 Å². The average Bonchev–Trinajstić information content (AvgIpc) is 2.62. The molecule has 0 spiro atoms. The molecule has 7 heteroatoms. The van der Waals surface area contributed by atoms with Crippen LogP contribution in [0, 0.1) is 6.92 Å². The largest absolute Gasteiger partial charge is 0.496 e. The Morgan fingerprint density at radius 3 is 2.69 bits per heavy atom. The molecule has 148 valence electrons. The summed E-state index contributed by atoms with van der Waals surface area (Å²) in [6.45, 7) is 7.22. The Kier molecular flexibility index (Phi) is 10.3. The number of benzene rings is 1. The van der Waals surface area contributed by atoms with Crippen LogP contribution in [0.1, 0.15) is 30.9 Å². The second-order valence-corrected chi connectivity index (χ2v) is 6.51. The quantitative estimate of drug-likeness (QED) is 0.319. The second-order valence-electron chi connectivity index (χ2n) is 6.51. The number of hydrogen-bond donors (Lipinski definition) is 3. The van der Waals surface area contributed by atoms with Crippen molar-refractivity contribution < 1.29 is 14.6 Å². The Hall–Kier alpha value is -1.06. The molecule has 1 fully saturated rings. The molecule has 0 aromatic heterocycles. The third kappa shape index (κ3) is 7.28. The smallest absolute Gasteiger partial charge is 0.191 e. The lowest BCUT2D eigenvalue weighted by atomic mass is 9.95. The van der Waals surface area contributed by atoms with E-state index in [-0.39, 0.29) is 24.0 Å².